The fourth-order valence-electron chi connectivity index (χ4n) is 3.89. The lowest BCUT2D eigenvalue weighted by molar-refractivity contribution is -0.120. The third kappa shape index (κ3) is 4.98. The maximum Gasteiger partial charge on any atom is 0.240 e. The molecule has 0 aliphatic heterocycles. The van der Waals surface area contributed by atoms with E-state index in [0.29, 0.717) is 34.2 Å². The molecule has 1 amide bonds. The summed E-state index contributed by atoms with van der Waals surface area (Å²) in [7, 11) is 0. The number of halogens is 2. The third-order valence-corrected chi connectivity index (χ3v) is 5.53. The van der Waals surface area contributed by atoms with Gasteiger partial charge in [-0.2, -0.15) is 0 Å². The van der Waals surface area contributed by atoms with Crippen LogP contribution in [0.25, 0.3) is 22.2 Å². The second-order valence-electron chi connectivity index (χ2n) is 7.81. The lowest BCUT2D eigenvalue weighted by atomic mass is 9.88. The Balaban J connectivity index is 1.69. The minimum atomic E-state index is -2.43. The number of alkyl halides is 2. The van der Waals surface area contributed by atoms with Crippen LogP contribution in [-0.4, -0.2) is 33.8 Å². The van der Waals surface area contributed by atoms with Crippen LogP contribution in [0.2, 0.25) is 0 Å². The van der Waals surface area contributed by atoms with Crippen LogP contribution >= 0.6 is 0 Å². The number of carbonyl (C=O) groups excluding carboxylic acids is 1. The standard InChI is InChI=1S/C22H25F2N5O2/c1-13-26-12-18(31-13)17-9-16-15(10-27-17)11-28-21(20(16)25-8-7-19(23)24)29-22(30)14-5-3-2-4-6-14/h9-12,14,19,25H,2-8H2,1H3,(H,28,29,30). The average molecular weight is 429 g/mol. The van der Waals surface area contributed by atoms with Gasteiger partial charge in [-0.1, -0.05) is 19.3 Å². The molecule has 7 nitrogen and oxygen atoms in total. The minimum Gasteiger partial charge on any atom is -0.439 e. The molecule has 0 spiro atoms. The number of hydrogen-bond donors (Lipinski definition) is 2. The highest BCUT2D eigenvalue weighted by molar-refractivity contribution is 6.03. The molecule has 1 aliphatic carbocycles. The summed E-state index contributed by atoms with van der Waals surface area (Å²) in [5.41, 5.74) is 1.06. The molecule has 4 rings (SSSR count). The molecular weight excluding hydrogens is 404 g/mol. The van der Waals surface area contributed by atoms with Crippen molar-refractivity contribution in [3.8, 4) is 11.5 Å². The van der Waals surface area contributed by atoms with E-state index in [-0.39, 0.29) is 24.8 Å². The van der Waals surface area contributed by atoms with Crippen LogP contribution in [0.4, 0.5) is 20.3 Å². The second-order valence-corrected chi connectivity index (χ2v) is 7.81. The van der Waals surface area contributed by atoms with Crippen molar-refractivity contribution < 1.29 is 18.0 Å². The van der Waals surface area contributed by atoms with Crippen molar-refractivity contribution in [1.29, 1.82) is 0 Å². The van der Waals surface area contributed by atoms with E-state index in [2.05, 4.69) is 25.6 Å². The molecule has 164 valence electrons. The van der Waals surface area contributed by atoms with Crippen molar-refractivity contribution in [1.82, 2.24) is 15.0 Å². The summed E-state index contributed by atoms with van der Waals surface area (Å²) in [6.45, 7) is 1.79. The van der Waals surface area contributed by atoms with Crippen LogP contribution in [0.5, 0.6) is 0 Å². The zero-order valence-corrected chi connectivity index (χ0v) is 17.3. The van der Waals surface area contributed by atoms with Crippen molar-refractivity contribution >= 4 is 28.2 Å². The number of nitrogens with one attached hydrogen (secondary N) is 2. The Kier molecular flexibility index (Phi) is 6.39. The molecule has 0 bridgehead atoms. The van der Waals surface area contributed by atoms with Gasteiger partial charge in [0, 0.05) is 49.0 Å². The number of rotatable bonds is 7. The van der Waals surface area contributed by atoms with Gasteiger partial charge in [-0.15, -0.1) is 0 Å². The first-order valence-electron chi connectivity index (χ1n) is 10.6. The maximum absolute atomic E-state index is 12.8. The van der Waals surface area contributed by atoms with Crippen LogP contribution in [0.3, 0.4) is 0 Å². The molecule has 0 unspecified atom stereocenters. The minimum absolute atomic E-state index is 0.0455. The number of pyridine rings is 2. The zero-order valence-electron chi connectivity index (χ0n) is 17.3. The predicted octanol–water partition coefficient (Wildman–Crippen LogP) is 5.18. The third-order valence-electron chi connectivity index (χ3n) is 5.53. The lowest BCUT2D eigenvalue weighted by Crippen LogP contribution is -2.25. The SMILES string of the molecule is Cc1ncc(-c2cc3c(NCCC(F)F)c(NC(=O)C4CCCCC4)ncc3cn2)o1. The summed E-state index contributed by atoms with van der Waals surface area (Å²) in [5, 5.41) is 7.39. The van der Waals surface area contributed by atoms with E-state index in [9.17, 15) is 13.6 Å². The van der Waals surface area contributed by atoms with Gasteiger partial charge in [-0.05, 0) is 18.9 Å². The molecule has 0 radical (unpaired) electrons. The van der Waals surface area contributed by atoms with E-state index in [4.69, 9.17) is 4.42 Å². The van der Waals surface area contributed by atoms with E-state index in [1.165, 1.54) is 0 Å². The number of fused-ring (bicyclic) bond motifs is 1. The number of hydrogen-bond acceptors (Lipinski definition) is 6. The zero-order chi connectivity index (χ0) is 21.8. The van der Waals surface area contributed by atoms with Crippen LogP contribution in [-0.2, 0) is 4.79 Å². The molecule has 31 heavy (non-hydrogen) atoms. The molecule has 0 aromatic carbocycles. The van der Waals surface area contributed by atoms with E-state index in [1.54, 1.807) is 31.6 Å². The van der Waals surface area contributed by atoms with Gasteiger partial charge in [-0.3, -0.25) is 9.78 Å². The number of nitrogens with zero attached hydrogens (tertiary/aromatic N) is 3. The fraction of sp³-hybridized carbons (Fsp3) is 0.455. The molecule has 3 aromatic rings. The molecule has 0 atom stereocenters. The van der Waals surface area contributed by atoms with Crippen LogP contribution in [0, 0.1) is 12.8 Å². The average Bonchev–Trinajstić information content (AvgIpc) is 3.21. The summed E-state index contributed by atoms with van der Waals surface area (Å²) in [5.74, 6) is 1.22. The number of anilines is 2. The Morgan fingerprint density at radius 1 is 1.16 bits per heavy atom. The second kappa shape index (κ2) is 9.36. The monoisotopic (exact) mass is 429 g/mol. The summed E-state index contributed by atoms with van der Waals surface area (Å²) < 4.78 is 31.0. The maximum atomic E-state index is 12.8. The van der Waals surface area contributed by atoms with Gasteiger partial charge in [0.25, 0.3) is 0 Å². The van der Waals surface area contributed by atoms with Gasteiger partial charge in [0.05, 0.1) is 11.9 Å². The van der Waals surface area contributed by atoms with Crippen molar-refractivity contribution in [2.75, 3.05) is 17.2 Å². The van der Waals surface area contributed by atoms with Gasteiger partial charge in [0.2, 0.25) is 12.3 Å². The van der Waals surface area contributed by atoms with Crippen molar-refractivity contribution in [3.05, 3.63) is 30.5 Å². The normalized spacial score (nSPS) is 14.8. The first kappa shape index (κ1) is 21.1. The molecule has 3 aromatic heterocycles. The van der Waals surface area contributed by atoms with E-state index in [0.717, 1.165) is 37.5 Å². The van der Waals surface area contributed by atoms with Crippen LogP contribution in [0.15, 0.2) is 29.1 Å². The highest BCUT2D eigenvalue weighted by Gasteiger charge is 2.23. The van der Waals surface area contributed by atoms with Crippen LogP contribution in [0.1, 0.15) is 44.4 Å². The Morgan fingerprint density at radius 2 is 1.94 bits per heavy atom. The highest BCUT2D eigenvalue weighted by Crippen LogP contribution is 2.33. The molecule has 1 saturated carbocycles. The number of carbonyl (C=O) groups is 1. The highest BCUT2D eigenvalue weighted by atomic mass is 19.3. The van der Waals surface area contributed by atoms with Gasteiger partial charge >= 0.3 is 0 Å². The molecular formula is C22H25F2N5O2. The van der Waals surface area contributed by atoms with Crippen LogP contribution < -0.4 is 10.6 Å². The molecule has 2 N–H and O–H groups in total. The first-order chi connectivity index (χ1) is 15.0. The Labute approximate surface area is 178 Å². The Morgan fingerprint density at radius 3 is 2.65 bits per heavy atom. The lowest BCUT2D eigenvalue weighted by Gasteiger charge is -2.22. The first-order valence-corrected chi connectivity index (χ1v) is 10.6. The Hall–Kier alpha value is -3.10. The summed E-state index contributed by atoms with van der Waals surface area (Å²) in [6, 6.07) is 1.79. The Bertz CT molecular complexity index is 1060. The van der Waals surface area contributed by atoms with Crippen molar-refractivity contribution in [3.63, 3.8) is 0 Å². The quantitative estimate of drug-likeness (QED) is 0.538. The number of aromatic nitrogens is 3. The molecule has 1 aliphatic rings. The van der Waals surface area contributed by atoms with Crippen molar-refractivity contribution in [2.24, 2.45) is 5.92 Å². The summed E-state index contributed by atoms with van der Waals surface area (Å²) in [4.78, 5) is 25.7. The topological polar surface area (TPSA) is 92.9 Å². The number of amides is 1. The number of aryl methyl sites for hydroxylation is 1. The summed E-state index contributed by atoms with van der Waals surface area (Å²) >= 11 is 0. The van der Waals surface area contributed by atoms with Gasteiger partial charge in [0.1, 0.15) is 5.69 Å². The largest absolute Gasteiger partial charge is 0.439 e. The van der Waals surface area contributed by atoms with E-state index >= 15 is 0 Å². The number of oxazole rings is 1. The molecule has 1 fully saturated rings. The van der Waals surface area contributed by atoms with E-state index in [1.807, 2.05) is 0 Å². The smallest absolute Gasteiger partial charge is 0.240 e. The van der Waals surface area contributed by atoms with Gasteiger partial charge in [0.15, 0.2) is 17.5 Å². The summed E-state index contributed by atoms with van der Waals surface area (Å²) in [6.07, 6.45) is 7.03. The fourth-order valence-corrected chi connectivity index (χ4v) is 3.89. The predicted molar refractivity (Wildman–Crippen MR) is 114 cm³/mol. The molecule has 3 heterocycles. The van der Waals surface area contributed by atoms with E-state index < -0.39 is 6.43 Å². The van der Waals surface area contributed by atoms with Crippen molar-refractivity contribution in [2.45, 2.75) is 51.9 Å². The van der Waals surface area contributed by atoms with Gasteiger partial charge < -0.3 is 15.1 Å². The van der Waals surface area contributed by atoms with Gasteiger partial charge in [-0.25, -0.2) is 18.7 Å². The molecule has 9 heteroatoms. The molecule has 0 saturated heterocycles.